The summed E-state index contributed by atoms with van der Waals surface area (Å²) in [6.07, 6.45) is 5.06. The zero-order valence-electron chi connectivity index (χ0n) is 10.5. The highest BCUT2D eigenvalue weighted by molar-refractivity contribution is 5.41. The third kappa shape index (κ3) is 7.62. The van der Waals surface area contributed by atoms with Gasteiger partial charge in [0.05, 0.1) is 5.35 Å². The number of nitrogens with zero attached hydrogens (tertiary/aromatic N) is 2. The van der Waals surface area contributed by atoms with Crippen LogP contribution >= 0.6 is 0 Å². The highest BCUT2D eigenvalue weighted by Gasteiger charge is 1.81. The van der Waals surface area contributed by atoms with Crippen molar-refractivity contribution in [3.63, 3.8) is 0 Å². The van der Waals surface area contributed by atoms with Gasteiger partial charge in [-0.15, -0.1) is 0 Å². The topological polar surface area (TPSA) is 25.8 Å². The van der Waals surface area contributed by atoms with E-state index in [1.165, 1.54) is 6.33 Å². The van der Waals surface area contributed by atoms with E-state index >= 15 is 0 Å². The van der Waals surface area contributed by atoms with E-state index in [0.717, 1.165) is 16.1 Å². The van der Waals surface area contributed by atoms with Gasteiger partial charge in [-0.3, -0.25) is 0 Å². The molecule has 1 aromatic heterocycles. The van der Waals surface area contributed by atoms with Crippen molar-refractivity contribution in [2.24, 2.45) is 0 Å². The van der Waals surface area contributed by atoms with Crippen LogP contribution in [0.15, 0.2) is 24.7 Å². The first kappa shape index (κ1) is 16.0. The number of hydrogen-bond donors (Lipinski definition) is 0. The molecule has 1 heterocycles. The average Bonchev–Trinajstić information content (AvgIpc) is 2.27. The van der Waals surface area contributed by atoms with Crippen LogP contribution in [0.2, 0.25) is 0 Å². The Morgan fingerprint density at radius 3 is 2.20 bits per heavy atom. The van der Waals surface area contributed by atoms with Crippen LogP contribution in [0, 0.1) is 0 Å². The van der Waals surface area contributed by atoms with Crippen molar-refractivity contribution in [3.8, 4) is 0 Å². The molecule has 0 spiro atoms. The zero-order chi connectivity index (χ0) is 12.3. The summed E-state index contributed by atoms with van der Waals surface area (Å²) in [5.74, 6) is 0. The minimum atomic E-state index is 0.829. The second-order valence-corrected chi connectivity index (χ2v) is 2.42. The van der Waals surface area contributed by atoms with Crippen molar-refractivity contribution in [3.05, 3.63) is 35.2 Å². The molecule has 2 heteroatoms. The van der Waals surface area contributed by atoms with Gasteiger partial charge in [-0.1, -0.05) is 46.4 Å². The Kier molecular flexibility index (Phi) is 11.4. The molecule has 0 radical (unpaired) electrons. The maximum atomic E-state index is 4.03. The lowest BCUT2D eigenvalue weighted by Crippen LogP contribution is -2.26. The lowest BCUT2D eigenvalue weighted by molar-refractivity contribution is 1.10. The summed E-state index contributed by atoms with van der Waals surface area (Å²) in [6, 6.07) is 0. The van der Waals surface area contributed by atoms with Gasteiger partial charge in [0.2, 0.25) is 0 Å². The Morgan fingerprint density at radius 2 is 1.80 bits per heavy atom. The molecule has 0 aromatic carbocycles. The third-order valence-electron chi connectivity index (χ3n) is 1.21. The van der Waals surface area contributed by atoms with E-state index < -0.39 is 0 Å². The Bertz CT molecular complexity index is 366. The summed E-state index contributed by atoms with van der Waals surface area (Å²) >= 11 is 0. The van der Waals surface area contributed by atoms with E-state index in [2.05, 4.69) is 23.1 Å². The van der Waals surface area contributed by atoms with Crippen molar-refractivity contribution in [1.29, 1.82) is 0 Å². The lowest BCUT2D eigenvalue weighted by Gasteiger charge is -1.86. The summed E-state index contributed by atoms with van der Waals surface area (Å²) in [7, 11) is 0. The molecule has 0 N–H and O–H groups in total. The fourth-order valence-electron chi connectivity index (χ4n) is 0.731. The molecule has 0 unspecified atom stereocenters. The number of hydrogen-bond acceptors (Lipinski definition) is 2. The molecule has 84 valence electrons. The summed E-state index contributed by atoms with van der Waals surface area (Å²) < 4.78 is 0. The molecule has 1 aromatic rings. The van der Waals surface area contributed by atoms with Gasteiger partial charge < -0.3 is 0 Å². The molecule has 15 heavy (non-hydrogen) atoms. The maximum absolute atomic E-state index is 4.03. The Balaban J connectivity index is 0. The second kappa shape index (κ2) is 10.6. The number of aromatic nitrogens is 2. The van der Waals surface area contributed by atoms with Gasteiger partial charge in [-0.05, 0) is 13.0 Å². The standard InChI is InChI=1S/C9H10N2.2C2H6/c1-7(2)4-9-8(3)5-10-6-11-9;2*1-2/h4-6H,1,3H2,2H3;2*1-2H3/b9-4+;;. The molecule has 1 rings (SSSR count). The lowest BCUT2D eigenvalue weighted by atomic mass is 10.3. The molecule has 0 aliphatic heterocycles. The van der Waals surface area contributed by atoms with Crippen molar-refractivity contribution < 1.29 is 0 Å². The summed E-state index contributed by atoms with van der Waals surface area (Å²) in [5, 5.41) is 1.67. The van der Waals surface area contributed by atoms with Crippen LogP contribution in [0.25, 0.3) is 12.7 Å². The van der Waals surface area contributed by atoms with Gasteiger partial charge >= 0.3 is 0 Å². The first-order valence-electron chi connectivity index (χ1n) is 5.32. The monoisotopic (exact) mass is 206 g/mol. The van der Waals surface area contributed by atoms with Crippen molar-refractivity contribution in [1.82, 2.24) is 9.97 Å². The predicted molar refractivity (Wildman–Crippen MR) is 68.8 cm³/mol. The van der Waals surface area contributed by atoms with E-state index in [-0.39, 0.29) is 0 Å². The van der Waals surface area contributed by atoms with Gasteiger partial charge in [0.15, 0.2) is 0 Å². The predicted octanol–water partition coefficient (Wildman–Crippen LogP) is 2.30. The van der Waals surface area contributed by atoms with Crippen LogP contribution in [0.3, 0.4) is 0 Å². The Morgan fingerprint density at radius 1 is 1.27 bits per heavy atom. The molecule has 0 amide bonds. The molecule has 0 bridgehead atoms. The van der Waals surface area contributed by atoms with E-state index in [9.17, 15) is 0 Å². The highest BCUT2D eigenvalue weighted by atomic mass is 14.8. The second-order valence-electron chi connectivity index (χ2n) is 2.42. The van der Waals surface area contributed by atoms with Gasteiger partial charge in [-0.2, -0.15) is 0 Å². The highest BCUT2D eigenvalue weighted by Crippen LogP contribution is 1.83. The van der Waals surface area contributed by atoms with Crippen LogP contribution in [-0.2, 0) is 0 Å². The smallest absolute Gasteiger partial charge is 0.116 e. The maximum Gasteiger partial charge on any atom is 0.116 e. The van der Waals surface area contributed by atoms with E-state index in [1.54, 1.807) is 6.20 Å². The Hall–Kier alpha value is -1.44. The molecule has 0 aliphatic carbocycles. The largest absolute Gasteiger partial charge is 0.244 e. The molecule has 2 nitrogen and oxygen atoms in total. The normalized spacial score (nSPS) is 9.27. The van der Waals surface area contributed by atoms with Gasteiger partial charge in [-0.25, -0.2) is 9.97 Å². The van der Waals surface area contributed by atoms with Crippen LogP contribution in [0.5, 0.6) is 0 Å². The SMILES string of the molecule is C=C(C)/C=c1/ncncc1=C.CC.CC. The molecular weight excluding hydrogens is 184 g/mol. The van der Waals surface area contributed by atoms with E-state index in [1.807, 2.05) is 40.7 Å². The molecular formula is C13H22N2. The van der Waals surface area contributed by atoms with Gasteiger partial charge in [0.1, 0.15) is 6.33 Å². The molecule has 0 saturated carbocycles. The van der Waals surface area contributed by atoms with Crippen molar-refractivity contribution in [2.45, 2.75) is 34.6 Å². The minimum absolute atomic E-state index is 0.829. The Labute approximate surface area is 93.1 Å². The number of rotatable bonds is 1. The van der Waals surface area contributed by atoms with E-state index in [0.29, 0.717) is 0 Å². The van der Waals surface area contributed by atoms with Crippen LogP contribution in [0.4, 0.5) is 0 Å². The third-order valence-corrected chi connectivity index (χ3v) is 1.21. The summed E-state index contributed by atoms with van der Waals surface area (Å²) in [6.45, 7) is 17.4. The molecule has 0 atom stereocenters. The summed E-state index contributed by atoms with van der Waals surface area (Å²) in [4.78, 5) is 7.86. The van der Waals surface area contributed by atoms with Gasteiger partial charge in [0.25, 0.3) is 0 Å². The molecule has 0 aliphatic rings. The van der Waals surface area contributed by atoms with Crippen LogP contribution in [0.1, 0.15) is 34.6 Å². The first-order chi connectivity index (χ1) is 7.20. The van der Waals surface area contributed by atoms with Gasteiger partial charge in [0, 0.05) is 11.4 Å². The van der Waals surface area contributed by atoms with E-state index in [4.69, 9.17) is 0 Å². The number of allylic oxidation sites excluding steroid dienone is 1. The fourth-order valence-corrected chi connectivity index (χ4v) is 0.731. The quantitative estimate of drug-likeness (QED) is 0.704. The van der Waals surface area contributed by atoms with Crippen LogP contribution < -0.4 is 10.6 Å². The van der Waals surface area contributed by atoms with Crippen molar-refractivity contribution in [2.75, 3.05) is 0 Å². The van der Waals surface area contributed by atoms with Crippen molar-refractivity contribution >= 4 is 12.7 Å². The van der Waals surface area contributed by atoms with Crippen LogP contribution in [-0.4, -0.2) is 9.97 Å². The summed E-state index contributed by atoms with van der Waals surface area (Å²) in [5.41, 5.74) is 0.966. The molecule has 0 fully saturated rings. The first-order valence-corrected chi connectivity index (χ1v) is 5.32. The zero-order valence-corrected chi connectivity index (χ0v) is 10.5. The fraction of sp³-hybridized carbons (Fsp3) is 0.385. The molecule has 0 saturated heterocycles. The minimum Gasteiger partial charge on any atom is -0.244 e. The average molecular weight is 206 g/mol.